The van der Waals surface area contributed by atoms with Crippen LogP contribution in [0.2, 0.25) is 0 Å². The van der Waals surface area contributed by atoms with E-state index in [-0.39, 0.29) is 36.7 Å². The smallest absolute Gasteiger partial charge is 0.340 e. The van der Waals surface area contributed by atoms with Crippen molar-refractivity contribution < 1.29 is 24.5 Å². The lowest BCUT2D eigenvalue weighted by Crippen LogP contribution is -2.27. The highest BCUT2D eigenvalue weighted by atomic mass is 16.5. The van der Waals surface area contributed by atoms with E-state index in [0.717, 1.165) is 0 Å². The second kappa shape index (κ2) is 8.35. The van der Waals surface area contributed by atoms with Gasteiger partial charge in [0.05, 0.1) is 18.3 Å². The number of nitrogen functional groups attached to an aromatic ring is 1. The Bertz CT molecular complexity index is 533. The summed E-state index contributed by atoms with van der Waals surface area (Å²) in [6.07, 6.45) is -2.09. The maximum atomic E-state index is 11.8. The monoisotopic (exact) mass is 310 g/mol. The van der Waals surface area contributed by atoms with Crippen molar-refractivity contribution in [1.82, 2.24) is 5.32 Å². The molecule has 0 bridgehead atoms. The average molecular weight is 310 g/mol. The SMILES string of the molecule is CCOC(=O)c1cc(C(O)C(O)CCNC(C)=O)ccc1N. The van der Waals surface area contributed by atoms with Gasteiger partial charge in [-0.05, 0) is 31.0 Å². The van der Waals surface area contributed by atoms with Crippen LogP contribution in [-0.2, 0) is 9.53 Å². The Morgan fingerprint density at radius 3 is 2.64 bits per heavy atom. The number of carbonyl (C=O) groups excluding carboxylic acids is 2. The first-order valence-electron chi connectivity index (χ1n) is 7.04. The van der Waals surface area contributed by atoms with Crippen LogP contribution in [0.4, 0.5) is 5.69 Å². The predicted octanol–water partition coefficient (Wildman–Crippen LogP) is 0.366. The summed E-state index contributed by atoms with van der Waals surface area (Å²) in [5.41, 5.74) is 6.46. The molecule has 1 aromatic rings. The van der Waals surface area contributed by atoms with Crippen LogP contribution in [0, 0.1) is 0 Å². The minimum atomic E-state index is -1.19. The summed E-state index contributed by atoms with van der Waals surface area (Å²) in [4.78, 5) is 22.5. The van der Waals surface area contributed by atoms with Crippen LogP contribution in [0.25, 0.3) is 0 Å². The Labute approximate surface area is 129 Å². The number of hydrogen-bond donors (Lipinski definition) is 4. The van der Waals surface area contributed by atoms with Crippen LogP contribution in [0.5, 0.6) is 0 Å². The molecule has 5 N–H and O–H groups in total. The Morgan fingerprint density at radius 2 is 2.05 bits per heavy atom. The molecule has 0 radical (unpaired) electrons. The van der Waals surface area contributed by atoms with Crippen LogP contribution in [0.3, 0.4) is 0 Å². The number of rotatable bonds is 7. The lowest BCUT2D eigenvalue weighted by molar-refractivity contribution is -0.119. The average Bonchev–Trinajstić information content (AvgIpc) is 2.46. The van der Waals surface area contributed by atoms with E-state index in [4.69, 9.17) is 10.5 Å². The quantitative estimate of drug-likeness (QED) is 0.426. The second-order valence-corrected chi connectivity index (χ2v) is 4.85. The second-order valence-electron chi connectivity index (χ2n) is 4.85. The predicted molar refractivity (Wildman–Crippen MR) is 81.1 cm³/mol. The van der Waals surface area contributed by atoms with E-state index in [9.17, 15) is 19.8 Å². The van der Waals surface area contributed by atoms with Crippen molar-refractivity contribution >= 4 is 17.6 Å². The van der Waals surface area contributed by atoms with Crippen molar-refractivity contribution in [2.24, 2.45) is 0 Å². The number of esters is 1. The van der Waals surface area contributed by atoms with Gasteiger partial charge in [-0.3, -0.25) is 4.79 Å². The Kier molecular flexibility index (Phi) is 6.81. The number of nitrogens with two attached hydrogens (primary N) is 1. The molecule has 0 aliphatic carbocycles. The summed E-state index contributed by atoms with van der Waals surface area (Å²) in [5, 5.41) is 22.6. The fourth-order valence-corrected chi connectivity index (χ4v) is 1.92. The first-order valence-corrected chi connectivity index (χ1v) is 7.04. The first-order chi connectivity index (χ1) is 10.4. The Morgan fingerprint density at radius 1 is 1.36 bits per heavy atom. The van der Waals surface area contributed by atoms with Gasteiger partial charge >= 0.3 is 5.97 Å². The zero-order chi connectivity index (χ0) is 16.7. The number of carbonyl (C=O) groups is 2. The van der Waals surface area contributed by atoms with Gasteiger partial charge in [-0.2, -0.15) is 0 Å². The van der Waals surface area contributed by atoms with E-state index in [1.54, 1.807) is 6.92 Å². The molecule has 2 atom stereocenters. The highest BCUT2D eigenvalue weighted by Gasteiger charge is 2.21. The minimum absolute atomic E-state index is 0.146. The van der Waals surface area contributed by atoms with Crippen LogP contribution in [-0.4, -0.2) is 41.3 Å². The maximum Gasteiger partial charge on any atom is 0.340 e. The molecule has 1 aromatic carbocycles. The molecule has 0 aliphatic rings. The van der Waals surface area contributed by atoms with E-state index in [1.807, 2.05) is 0 Å². The Balaban J connectivity index is 2.80. The zero-order valence-electron chi connectivity index (χ0n) is 12.7. The van der Waals surface area contributed by atoms with E-state index in [0.29, 0.717) is 5.56 Å². The van der Waals surface area contributed by atoms with Gasteiger partial charge in [0.1, 0.15) is 6.10 Å². The topological polar surface area (TPSA) is 122 Å². The summed E-state index contributed by atoms with van der Waals surface area (Å²) < 4.78 is 4.88. The maximum absolute atomic E-state index is 11.8. The molecule has 0 heterocycles. The molecule has 0 saturated carbocycles. The number of ether oxygens (including phenoxy) is 1. The van der Waals surface area contributed by atoms with Gasteiger partial charge < -0.3 is 26.0 Å². The van der Waals surface area contributed by atoms with Gasteiger partial charge in [0.2, 0.25) is 5.91 Å². The molecular weight excluding hydrogens is 288 g/mol. The van der Waals surface area contributed by atoms with Crippen molar-refractivity contribution in [3.05, 3.63) is 29.3 Å². The number of nitrogens with one attached hydrogen (secondary N) is 1. The van der Waals surface area contributed by atoms with E-state index >= 15 is 0 Å². The fraction of sp³-hybridized carbons (Fsp3) is 0.467. The number of anilines is 1. The molecule has 0 fully saturated rings. The number of aliphatic hydroxyl groups is 2. The van der Waals surface area contributed by atoms with Crippen LogP contribution in [0.1, 0.15) is 42.3 Å². The van der Waals surface area contributed by atoms with Gasteiger partial charge in [-0.15, -0.1) is 0 Å². The standard InChI is InChI=1S/C15H22N2O5/c1-3-22-15(21)11-8-10(4-5-12(11)16)14(20)13(19)6-7-17-9(2)18/h4-5,8,13-14,19-20H,3,6-7,16H2,1-2H3,(H,17,18). The lowest BCUT2D eigenvalue weighted by Gasteiger charge is -2.19. The van der Waals surface area contributed by atoms with Gasteiger partial charge in [-0.25, -0.2) is 4.79 Å². The molecule has 0 aromatic heterocycles. The van der Waals surface area contributed by atoms with Gasteiger partial charge in [-0.1, -0.05) is 6.07 Å². The third kappa shape index (κ3) is 5.01. The third-order valence-electron chi connectivity index (χ3n) is 3.09. The summed E-state index contributed by atoms with van der Waals surface area (Å²) >= 11 is 0. The largest absolute Gasteiger partial charge is 0.462 e. The van der Waals surface area contributed by atoms with Crippen LogP contribution >= 0.6 is 0 Å². The van der Waals surface area contributed by atoms with Crippen LogP contribution < -0.4 is 11.1 Å². The minimum Gasteiger partial charge on any atom is -0.462 e. The summed E-state index contributed by atoms with van der Waals surface area (Å²) in [6, 6.07) is 4.41. The number of hydrogen-bond acceptors (Lipinski definition) is 6. The van der Waals surface area contributed by atoms with Crippen molar-refractivity contribution in [2.75, 3.05) is 18.9 Å². The molecule has 122 valence electrons. The normalized spacial score (nSPS) is 13.3. The van der Waals surface area contributed by atoms with E-state index in [1.165, 1.54) is 25.1 Å². The molecule has 2 unspecified atom stereocenters. The Hall–Kier alpha value is -2.12. The number of aliphatic hydroxyl groups excluding tert-OH is 2. The molecule has 0 aliphatic heterocycles. The van der Waals surface area contributed by atoms with Gasteiger partial charge in [0.15, 0.2) is 0 Å². The van der Waals surface area contributed by atoms with E-state index in [2.05, 4.69) is 5.32 Å². The van der Waals surface area contributed by atoms with Crippen molar-refractivity contribution in [3.63, 3.8) is 0 Å². The van der Waals surface area contributed by atoms with Crippen molar-refractivity contribution in [2.45, 2.75) is 32.5 Å². The van der Waals surface area contributed by atoms with Crippen LogP contribution in [0.15, 0.2) is 18.2 Å². The molecule has 0 spiro atoms. The fourth-order valence-electron chi connectivity index (χ4n) is 1.92. The van der Waals surface area contributed by atoms with E-state index < -0.39 is 18.2 Å². The number of amides is 1. The lowest BCUT2D eigenvalue weighted by atomic mass is 9.99. The molecule has 7 heteroatoms. The summed E-state index contributed by atoms with van der Waals surface area (Å²) in [7, 11) is 0. The summed E-state index contributed by atoms with van der Waals surface area (Å²) in [5.74, 6) is -0.791. The molecule has 7 nitrogen and oxygen atoms in total. The highest BCUT2D eigenvalue weighted by Crippen LogP contribution is 2.23. The molecule has 0 saturated heterocycles. The van der Waals surface area contributed by atoms with Crippen molar-refractivity contribution in [1.29, 1.82) is 0 Å². The zero-order valence-corrected chi connectivity index (χ0v) is 12.7. The third-order valence-corrected chi connectivity index (χ3v) is 3.09. The molecular formula is C15H22N2O5. The van der Waals surface area contributed by atoms with Gasteiger partial charge in [0.25, 0.3) is 0 Å². The van der Waals surface area contributed by atoms with Gasteiger partial charge in [0, 0.05) is 19.2 Å². The summed E-state index contributed by atoms with van der Waals surface area (Å²) in [6.45, 7) is 3.50. The molecule has 1 rings (SSSR count). The van der Waals surface area contributed by atoms with Crippen molar-refractivity contribution in [3.8, 4) is 0 Å². The molecule has 22 heavy (non-hydrogen) atoms. The number of benzene rings is 1. The first kappa shape index (κ1) is 17.9. The molecule has 1 amide bonds. The highest BCUT2D eigenvalue weighted by molar-refractivity contribution is 5.95.